The highest BCUT2D eigenvalue weighted by atomic mass is 16.2. The number of nitrogens with one attached hydrogen (secondary N) is 2. The first-order chi connectivity index (χ1) is 8.83. The summed E-state index contributed by atoms with van der Waals surface area (Å²) in [5.41, 5.74) is 0.275. The fourth-order valence-corrected chi connectivity index (χ4v) is 1.37. The molecule has 0 fully saturated rings. The average Bonchev–Trinajstić information content (AvgIpc) is 2.34. The Morgan fingerprint density at radius 3 is 2.63 bits per heavy atom. The highest BCUT2D eigenvalue weighted by Gasteiger charge is 2.17. The summed E-state index contributed by atoms with van der Waals surface area (Å²) in [6.07, 6.45) is 3.03. The van der Waals surface area contributed by atoms with Gasteiger partial charge in [0.25, 0.3) is 11.8 Å². The monoisotopic (exact) mass is 261 g/mol. The van der Waals surface area contributed by atoms with Crippen molar-refractivity contribution >= 4 is 11.8 Å². The van der Waals surface area contributed by atoms with Crippen LogP contribution < -0.4 is 10.6 Å². The molecule has 0 aliphatic rings. The largest absolute Gasteiger partial charge is 0.349 e. The minimum atomic E-state index is -0.347. The second-order valence-electron chi connectivity index (χ2n) is 5.13. The molecule has 0 saturated carbocycles. The number of rotatable bonds is 4. The molecule has 5 heteroatoms. The van der Waals surface area contributed by atoms with E-state index in [-0.39, 0.29) is 23.0 Å². The number of nitrogens with zero attached hydrogens (tertiary/aromatic N) is 1. The van der Waals surface area contributed by atoms with E-state index in [1.54, 1.807) is 12.1 Å². The fourth-order valence-electron chi connectivity index (χ4n) is 1.37. The van der Waals surface area contributed by atoms with E-state index in [9.17, 15) is 9.59 Å². The van der Waals surface area contributed by atoms with Crippen LogP contribution in [0.3, 0.4) is 0 Å². The van der Waals surface area contributed by atoms with Crippen LogP contribution in [0.1, 0.15) is 41.6 Å². The molecule has 0 aliphatic carbocycles. The summed E-state index contributed by atoms with van der Waals surface area (Å²) in [5.74, 6) is -0.557. The van der Waals surface area contributed by atoms with Gasteiger partial charge in [0, 0.05) is 23.8 Å². The number of aromatic nitrogens is 1. The van der Waals surface area contributed by atoms with E-state index in [1.807, 2.05) is 20.8 Å². The van der Waals surface area contributed by atoms with Gasteiger partial charge in [-0.2, -0.15) is 0 Å². The zero-order valence-corrected chi connectivity index (χ0v) is 11.5. The first-order valence-corrected chi connectivity index (χ1v) is 6.01. The Morgan fingerprint density at radius 1 is 1.37 bits per heavy atom. The molecule has 1 heterocycles. The molecule has 0 radical (unpaired) electrons. The molecular formula is C14H19N3O2. The summed E-state index contributed by atoms with van der Waals surface area (Å²) in [5, 5.41) is 5.44. The van der Waals surface area contributed by atoms with Crippen molar-refractivity contribution in [2.45, 2.75) is 26.3 Å². The highest BCUT2D eigenvalue weighted by Crippen LogP contribution is 2.05. The molecule has 0 saturated heterocycles. The molecule has 0 atom stereocenters. The molecule has 102 valence electrons. The molecule has 0 aromatic carbocycles. The molecular weight excluding hydrogens is 242 g/mol. The lowest BCUT2D eigenvalue weighted by molar-refractivity contribution is 0.0914. The molecule has 0 unspecified atom stereocenters. The molecule has 0 aliphatic heterocycles. The first-order valence-electron chi connectivity index (χ1n) is 6.01. The third kappa shape index (κ3) is 4.91. The van der Waals surface area contributed by atoms with Crippen LogP contribution in [0.25, 0.3) is 0 Å². The van der Waals surface area contributed by atoms with Crippen LogP contribution in [0.2, 0.25) is 0 Å². The van der Waals surface area contributed by atoms with Crippen molar-refractivity contribution in [1.82, 2.24) is 15.6 Å². The minimum absolute atomic E-state index is 0.223. The van der Waals surface area contributed by atoms with Crippen LogP contribution in [0, 0.1) is 0 Å². The summed E-state index contributed by atoms with van der Waals surface area (Å²) in [7, 11) is 0. The summed E-state index contributed by atoms with van der Waals surface area (Å²) in [6, 6.07) is 3.03. The van der Waals surface area contributed by atoms with Crippen LogP contribution in [-0.2, 0) is 0 Å². The van der Waals surface area contributed by atoms with E-state index < -0.39 is 0 Å². The lowest BCUT2D eigenvalue weighted by atomic mass is 10.1. The van der Waals surface area contributed by atoms with E-state index in [0.29, 0.717) is 12.1 Å². The predicted octanol–water partition coefficient (Wildman–Crippen LogP) is 1.53. The van der Waals surface area contributed by atoms with E-state index in [2.05, 4.69) is 22.2 Å². The van der Waals surface area contributed by atoms with Crippen LogP contribution in [0.15, 0.2) is 31.0 Å². The summed E-state index contributed by atoms with van der Waals surface area (Å²) < 4.78 is 0. The topological polar surface area (TPSA) is 71.1 Å². The van der Waals surface area contributed by atoms with Crippen LogP contribution >= 0.6 is 0 Å². The Bertz CT molecular complexity index is 490. The molecule has 1 aromatic rings. The third-order valence-corrected chi connectivity index (χ3v) is 2.15. The van der Waals surface area contributed by atoms with Gasteiger partial charge in [-0.05, 0) is 32.9 Å². The van der Waals surface area contributed by atoms with Crippen molar-refractivity contribution in [3.63, 3.8) is 0 Å². The van der Waals surface area contributed by atoms with Gasteiger partial charge >= 0.3 is 0 Å². The summed E-state index contributed by atoms with van der Waals surface area (Å²) in [4.78, 5) is 27.6. The lowest BCUT2D eigenvalue weighted by Crippen LogP contribution is -2.41. The maximum Gasteiger partial charge on any atom is 0.270 e. The van der Waals surface area contributed by atoms with Crippen molar-refractivity contribution in [3.8, 4) is 0 Å². The Kier molecular flexibility index (Phi) is 4.80. The second kappa shape index (κ2) is 6.13. The number of carbonyl (C=O) groups excluding carboxylic acids is 2. The van der Waals surface area contributed by atoms with E-state index in [4.69, 9.17) is 0 Å². The van der Waals surface area contributed by atoms with Gasteiger partial charge < -0.3 is 10.6 Å². The van der Waals surface area contributed by atoms with Crippen molar-refractivity contribution in [2.24, 2.45) is 0 Å². The molecule has 5 nitrogen and oxygen atoms in total. The van der Waals surface area contributed by atoms with Crippen molar-refractivity contribution in [2.75, 3.05) is 6.54 Å². The quantitative estimate of drug-likeness (QED) is 0.807. The summed E-state index contributed by atoms with van der Waals surface area (Å²) in [6.45, 7) is 9.54. The molecule has 2 amide bonds. The van der Waals surface area contributed by atoms with Crippen molar-refractivity contribution < 1.29 is 9.59 Å². The maximum atomic E-state index is 11.9. The number of hydrogen-bond donors (Lipinski definition) is 2. The van der Waals surface area contributed by atoms with Gasteiger partial charge in [-0.1, -0.05) is 6.08 Å². The smallest absolute Gasteiger partial charge is 0.270 e. The van der Waals surface area contributed by atoms with E-state index >= 15 is 0 Å². The first kappa shape index (κ1) is 14.9. The third-order valence-electron chi connectivity index (χ3n) is 2.15. The predicted molar refractivity (Wildman–Crippen MR) is 74.0 cm³/mol. The number of pyridine rings is 1. The number of carbonyl (C=O) groups is 2. The van der Waals surface area contributed by atoms with Gasteiger partial charge in [-0.15, -0.1) is 6.58 Å². The maximum absolute atomic E-state index is 11.9. The Balaban J connectivity index is 2.85. The molecule has 0 bridgehead atoms. The van der Waals surface area contributed by atoms with Gasteiger partial charge in [0.15, 0.2) is 0 Å². The second-order valence-corrected chi connectivity index (χ2v) is 5.13. The molecule has 1 rings (SSSR count). The van der Waals surface area contributed by atoms with Crippen LogP contribution in [-0.4, -0.2) is 28.9 Å². The minimum Gasteiger partial charge on any atom is -0.349 e. The highest BCUT2D eigenvalue weighted by molar-refractivity contribution is 5.98. The number of amides is 2. The lowest BCUT2D eigenvalue weighted by Gasteiger charge is -2.20. The van der Waals surface area contributed by atoms with Crippen molar-refractivity contribution in [1.29, 1.82) is 0 Å². The van der Waals surface area contributed by atoms with Crippen molar-refractivity contribution in [3.05, 3.63) is 42.2 Å². The Hall–Kier alpha value is -2.17. The van der Waals surface area contributed by atoms with Gasteiger partial charge in [0.05, 0.1) is 0 Å². The SMILES string of the molecule is C=CCNC(=O)c1ccnc(C(=O)NC(C)(C)C)c1. The van der Waals surface area contributed by atoms with Crippen LogP contribution in [0.5, 0.6) is 0 Å². The van der Waals surface area contributed by atoms with Gasteiger partial charge in [0.2, 0.25) is 0 Å². The fraction of sp³-hybridized carbons (Fsp3) is 0.357. The molecule has 1 aromatic heterocycles. The van der Waals surface area contributed by atoms with Crippen LogP contribution in [0.4, 0.5) is 0 Å². The average molecular weight is 261 g/mol. The molecule has 2 N–H and O–H groups in total. The Morgan fingerprint density at radius 2 is 2.05 bits per heavy atom. The van der Waals surface area contributed by atoms with E-state index in [1.165, 1.54) is 12.3 Å². The zero-order valence-electron chi connectivity index (χ0n) is 11.5. The number of hydrogen-bond acceptors (Lipinski definition) is 3. The Labute approximate surface area is 113 Å². The van der Waals surface area contributed by atoms with Gasteiger partial charge in [-0.3, -0.25) is 14.6 Å². The van der Waals surface area contributed by atoms with E-state index in [0.717, 1.165) is 0 Å². The molecule has 19 heavy (non-hydrogen) atoms. The van der Waals surface area contributed by atoms with Gasteiger partial charge in [0.1, 0.15) is 5.69 Å². The summed E-state index contributed by atoms with van der Waals surface area (Å²) >= 11 is 0. The van der Waals surface area contributed by atoms with Gasteiger partial charge in [-0.25, -0.2) is 0 Å². The molecule has 0 spiro atoms. The standard InChI is InChI=1S/C14H19N3O2/c1-5-7-16-12(18)10-6-8-15-11(9-10)13(19)17-14(2,3)4/h5-6,8-9H,1,7H2,2-4H3,(H,16,18)(H,17,19). The zero-order chi connectivity index (χ0) is 14.5. The normalized spacial score (nSPS) is 10.7.